The Morgan fingerprint density at radius 3 is 2.42 bits per heavy atom. The zero-order chi connectivity index (χ0) is 26.9. The zero-order valence-corrected chi connectivity index (χ0v) is 21.4. The van der Waals surface area contributed by atoms with E-state index < -0.39 is 0 Å². The second-order valence-electron chi connectivity index (χ2n) is 8.87. The molecule has 0 aromatic heterocycles. The topological polar surface area (TPSA) is 65.8 Å². The van der Waals surface area contributed by atoms with Crippen LogP contribution in [0.4, 0.5) is 10.1 Å². The Balaban J connectivity index is 1.53. The second-order valence-corrected chi connectivity index (χ2v) is 8.87. The third-order valence-corrected chi connectivity index (χ3v) is 6.42. The molecule has 1 saturated heterocycles. The minimum atomic E-state index is -0.349. The lowest BCUT2D eigenvalue weighted by Gasteiger charge is -2.36. The van der Waals surface area contributed by atoms with E-state index in [1.807, 2.05) is 24.3 Å². The third kappa shape index (κ3) is 6.22. The number of anilines is 1. The standard InChI is InChI=1S/C31H30FN3O3/c1-3-9-24-18-23(20-29(37-2)30(24)38-22-25-10-7-8-13-28(25)32)19-26(21-33)31(36)35-16-14-34(15-17-35)27-11-5-4-6-12-27/h3-8,10-13,18-20H,1,9,14-17,22H2,2H3/b26-19-. The maximum Gasteiger partial charge on any atom is 0.264 e. The first-order chi connectivity index (χ1) is 18.5. The monoisotopic (exact) mass is 511 g/mol. The minimum absolute atomic E-state index is 0.0270. The number of piperazine rings is 1. The number of hydrogen-bond acceptors (Lipinski definition) is 5. The van der Waals surface area contributed by atoms with E-state index in [1.165, 1.54) is 13.2 Å². The van der Waals surface area contributed by atoms with Gasteiger partial charge in [0.2, 0.25) is 0 Å². The largest absolute Gasteiger partial charge is 0.493 e. The van der Waals surface area contributed by atoms with Crippen LogP contribution in [-0.4, -0.2) is 44.1 Å². The van der Waals surface area contributed by atoms with E-state index in [4.69, 9.17) is 9.47 Å². The molecule has 3 aromatic rings. The molecule has 38 heavy (non-hydrogen) atoms. The summed E-state index contributed by atoms with van der Waals surface area (Å²) in [5.41, 5.74) is 2.97. The van der Waals surface area contributed by atoms with Crippen LogP contribution >= 0.6 is 0 Å². The number of benzene rings is 3. The van der Waals surface area contributed by atoms with Gasteiger partial charge >= 0.3 is 0 Å². The van der Waals surface area contributed by atoms with Crippen LogP contribution in [0.2, 0.25) is 0 Å². The number of halogens is 1. The van der Waals surface area contributed by atoms with Crippen molar-refractivity contribution in [1.82, 2.24) is 4.90 Å². The molecule has 1 amide bonds. The third-order valence-electron chi connectivity index (χ3n) is 6.42. The summed E-state index contributed by atoms with van der Waals surface area (Å²) in [5.74, 6) is 0.241. The van der Waals surface area contributed by atoms with E-state index in [0.717, 1.165) is 11.3 Å². The Bertz CT molecular complexity index is 1360. The van der Waals surface area contributed by atoms with Crippen LogP contribution in [0.1, 0.15) is 16.7 Å². The Morgan fingerprint density at radius 2 is 1.76 bits per heavy atom. The average molecular weight is 512 g/mol. The lowest BCUT2D eigenvalue weighted by atomic mass is 10.0. The van der Waals surface area contributed by atoms with Crippen molar-refractivity contribution in [2.24, 2.45) is 0 Å². The van der Waals surface area contributed by atoms with Crippen LogP contribution in [0.15, 0.2) is 85.0 Å². The number of allylic oxidation sites excluding steroid dienone is 1. The van der Waals surface area contributed by atoms with Crippen molar-refractivity contribution in [3.8, 4) is 17.6 Å². The van der Waals surface area contributed by atoms with Crippen LogP contribution in [0, 0.1) is 17.1 Å². The maximum absolute atomic E-state index is 14.1. The Kier molecular flexibility index (Phi) is 8.78. The number of amides is 1. The van der Waals surface area contributed by atoms with Gasteiger partial charge in [0.05, 0.1) is 7.11 Å². The van der Waals surface area contributed by atoms with Gasteiger partial charge in [-0.1, -0.05) is 42.5 Å². The number of para-hydroxylation sites is 1. The van der Waals surface area contributed by atoms with E-state index in [9.17, 15) is 14.4 Å². The summed E-state index contributed by atoms with van der Waals surface area (Å²) in [5, 5.41) is 9.82. The number of carbonyl (C=O) groups is 1. The van der Waals surface area contributed by atoms with E-state index in [0.29, 0.717) is 55.2 Å². The van der Waals surface area contributed by atoms with Gasteiger partial charge in [0.15, 0.2) is 11.5 Å². The molecular weight excluding hydrogens is 481 g/mol. The molecule has 6 nitrogen and oxygen atoms in total. The fourth-order valence-electron chi connectivity index (χ4n) is 4.44. The highest BCUT2D eigenvalue weighted by Gasteiger charge is 2.24. The molecule has 0 radical (unpaired) electrons. The molecule has 0 spiro atoms. The first-order valence-electron chi connectivity index (χ1n) is 12.4. The fourth-order valence-corrected chi connectivity index (χ4v) is 4.44. The number of nitriles is 1. The molecule has 3 aromatic carbocycles. The first kappa shape index (κ1) is 26.5. The quantitative estimate of drug-likeness (QED) is 0.219. The van der Waals surface area contributed by atoms with Gasteiger partial charge in [0.25, 0.3) is 5.91 Å². The van der Waals surface area contributed by atoms with E-state index in [1.54, 1.807) is 41.3 Å². The highest BCUT2D eigenvalue weighted by atomic mass is 19.1. The zero-order valence-electron chi connectivity index (χ0n) is 21.4. The Morgan fingerprint density at radius 1 is 1.05 bits per heavy atom. The highest BCUT2D eigenvalue weighted by molar-refractivity contribution is 6.02. The Hall–Kier alpha value is -4.57. The van der Waals surface area contributed by atoms with Crippen LogP contribution in [-0.2, 0) is 17.8 Å². The van der Waals surface area contributed by atoms with Gasteiger partial charge in [-0.05, 0) is 48.4 Å². The molecule has 7 heteroatoms. The van der Waals surface area contributed by atoms with Gasteiger partial charge in [-0.25, -0.2) is 4.39 Å². The predicted octanol–water partition coefficient (Wildman–Crippen LogP) is 5.40. The molecule has 0 saturated carbocycles. The van der Waals surface area contributed by atoms with Crippen molar-refractivity contribution >= 4 is 17.7 Å². The number of ether oxygens (including phenoxy) is 2. The lowest BCUT2D eigenvalue weighted by Crippen LogP contribution is -2.49. The maximum atomic E-state index is 14.1. The van der Waals surface area contributed by atoms with Gasteiger partial charge in [-0.2, -0.15) is 5.26 Å². The van der Waals surface area contributed by atoms with E-state index in [-0.39, 0.29) is 23.9 Å². The number of methoxy groups -OCH3 is 1. The van der Waals surface area contributed by atoms with E-state index >= 15 is 0 Å². The number of nitrogens with zero attached hydrogens (tertiary/aromatic N) is 3. The number of rotatable bonds is 9. The normalized spacial score (nSPS) is 13.6. The molecule has 194 valence electrons. The van der Waals surface area contributed by atoms with Crippen LogP contribution in [0.5, 0.6) is 11.5 Å². The summed E-state index contributed by atoms with van der Waals surface area (Å²) in [6, 6.07) is 22.1. The molecular formula is C31H30FN3O3. The summed E-state index contributed by atoms with van der Waals surface area (Å²) in [6.45, 7) is 6.29. The van der Waals surface area contributed by atoms with Gasteiger partial charge in [0, 0.05) is 43.0 Å². The lowest BCUT2D eigenvalue weighted by molar-refractivity contribution is -0.126. The van der Waals surface area contributed by atoms with Crippen LogP contribution < -0.4 is 14.4 Å². The highest BCUT2D eigenvalue weighted by Crippen LogP contribution is 2.35. The number of carbonyl (C=O) groups excluding carboxylic acids is 1. The minimum Gasteiger partial charge on any atom is -0.493 e. The van der Waals surface area contributed by atoms with Gasteiger partial charge < -0.3 is 19.3 Å². The van der Waals surface area contributed by atoms with Gasteiger partial charge in [-0.15, -0.1) is 6.58 Å². The Labute approximate surface area is 222 Å². The van der Waals surface area contributed by atoms with Crippen LogP contribution in [0.3, 0.4) is 0 Å². The molecule has 4 rings (SSSR count). The predicted molar refractivity (Wildman–Crippen MR) is 146 cm³/mol. The SMILES string of the molecule is C=CCc1cc(/C=C(/C#N)C(=O)N2CCN(c3ccccc3)CC2)cc(OC)c1OCc1ccccc1F. The molecule has 0 N–H and O–H groups in total. The van der Waals surface area contributed by atoms with Crippen molar-refractivity contribution in [1.29, 1.82) is 5.26 Å². The smallest absolute Gasteiger partial charge is 0.264 e. The van der Waals surface area contributed by atoms with Crippen molar-refractivity contribution in [2.45, 2.75) is 13.0 Å². The first-order valence-corrected chi connectivity index (χ1v) is 12.4. The van der Waals surface area contributed by atoms with Gasteiger partial charge in [-0.3, -0.25) is 4.79 Å². The molecule has 0 atom stereocenters. The van der Waals surface area contributed by atoms with Crippen molar-refractivity contribution in [2.75, 3.05) is 38.2 Å². The molecule has 1 aliphatic heterocycles. The molecule has 1 fully saturated rings. The second kappa shape index (κ2) is 12.6. The summed E-state index contributed by atoms with van der Waals surface area (Å²) < 4.78 is 25.6. The van der Waals surface area contributed by atoms with Crippen molar-refractivity contribution in [3.63, 3.8) is 0 Å². The van der Waals surface area contributed by atoms with Gasteiger partial charge in [0.1, 0.15) is 24.1 Å². The molecule has 0 aliphatic carbocycles. The summed E-state index contributed by atoms with van der Waals surface area (Å²) >= 11 is 0. The fraction of sp³-hybridized carbons (Fsp3) is 0.226. The number of hydrogen-bond donors (Lipinski definition) is 0. The van der Waals surface area contributed by atoms with Crippen molar-refractivity contribution in [3.05, 3.63) is 107 Å². The molecule has 1 aliphatic rings. The summed E-state index contributed by atoms with van der Waals surface area (Å²) in [6.07, 6.45) is 3.75. The molecule has 0 unspecified atom stereocenters. The van der Waals surface area contributed by atoms with Crippen LogP contribution in [0.25, 0.3) is 6.08 Å². The average Bonchev–Trinajstić information content (AvgIpc) is 2.96. The molecule has 0 bridgehead atoms. The summed E-state index contributed by atoms with van der Waals surface area (Å²) in [7, 11) is 1.51. The van der Waals surface area contributed by atoms with E-state index in [2.05, 4.69) is 29.7 Å². The van der Waals surface area contributed by atoms with Crippen molar-refractivity contribution < 1.29 is 18.7 Å². The molecule has 1 heterocycles. The summed E-state index contributed by atoms with van der Waals surface area (Å²) in [4.78, 5) is 17.1.